The van der Waals surface area contributed by atoms with E-state index in [-0.39, 0.29) is 11.1 Å². The average Bonchev–Trinajstić information content (AvgIpc) is 2.49. The first kappa shape index (κ1) is 15.0. The van der Waals surface area contributed by atoms with Crippen LogP contribution >= 0.6 is 11.6 Å². The lowest BCUT2D eigenvalue weighted by Gasteiger charge is -2.07. The van der Waals surface area contributed by atoms with Crippen molar-refractivity contribution in [3.8, 4) is 6.07 Å². The fourth-order valence-corrected chi connectivity index (χ4v) is 2.08. The zero-order valence-corrected chi connectivity index (χ0v) is 12.0. The number of carbonyl (C=O) groups excluding carboxylic acids is 1. The molecule has 2 aromatic rings. The molecule has 0 atom stereocenters. The number of ketones is 1. The third kappa shape index (κ3) is 3.18. The number of benzene rings is 2. The maximum atomic E-state index is 13.8. The van der Waals surface area contributed by atoms with Gasteiger partial charge in [-0.2, -0.15) is 5.26 Å². The van der Waals surface area contributed by atoms with Gasteiger partial charge in [0.05, 0.1) is 0 Å². The topological polar surface area (TPSA) is 40.9 Å². The van der Waals surface area contributed by atoms with Gasteiger partial charge in [0.25, 0.3) is 0 Å². The van der Waals surface area contributed by atoms with E-state index >= 15 is 0 Å². The maximum absolute atomic E-state index is 13.8. The Morgan fingerprint density at radius 3 is 2.33 bits per heavy atom. The summed E-state index contributed by atoms with van der Waals surface area (Å²) in [6.07, 6.45) is 0. The normalized spacial score (nSPS) is 11.5. The summed E-state index contributed by atoms with van der Waals surface area (Å²) in [4.78, 5) is 12.4. The fraction of sp³-hybridized carbons (Fsp3) is 0.0588. The van der Waals surface area contributed by atoms with Crippen molar-refractivity contribution in [1.29, 1.82) is 5.26 Å². The first-order valence-electron chi connectivity index (χ1n) is 6.20. The van der Waals surface area contributed by atoms with Gasteiger partial charge in [0.2, 0.25) is 5.78 Å². The molecule has 0 aromatic heterocycles. The van der Waals surface area contributed by atoms with Gasteiger partial charge in [-0.1, -0.05) is 29.8 Å². The molecule has 0 bridgehead atoms. The van der Waals surface area contributed by atoms with Gasteiger partial charge in [-0.05, 0) is 42.8 Å². The van der Waals surface area contributed by atoms with Gasteiger partial charge in [0, 0.05) is 16.1 Å². The summed E-state index contributed by atoms with van der Waals surface area (Å²) in [5.41, 5.74) is 0.820. The van der Waals surface area contributed by atoms with Crippen LogP contribution in [0.3, 0.4) is 0 Å². The van der Waals surface area contributed by atoms with Crippen molar-refractivity contribution in [3.05, 3.63) is 76.1 Å². The molecular weight excluding hydrogens is 289 g/mol. The molecule has 0 aliphatic heterocycles. The molecule has 0 unspecified atom stereocenters. The Balaban J connectivity index is 2.50. The molecule has 0 fully saturated rings. The summed E-state index contributed by atoms with van der Waals surface area (Å²) in [7, 11) is 0. The van der Waals surface area contributed by atoms with Crippen LogP contribution in [0.4, 0.5) is 4.39 Å². The predicted octanol–water partition coefficient (Wildman–Crippen LogP) is 4.66. The molecule has 2 rings (SSSR count). The van der Waals surface area contributed by atoms with E-state index in [2.05, 4.69) is 0 Å². The molecule has 104 valence electrons. The Morgan fingerprint density at radius 1 is 1.14 bits per heavy atom. The second-order valence-corrected chi connectivity index (χ2v) is 4.86. The van der Waals surface area contributed by atoms with Crippen molar-refractivity contribution in [2.45, 2.75) is 6.92 Å². The maximum Gasteiger partial charge on any atom is 0.203 e. The summed E-state index contributed by atoms with van der Waals surface area (Å²) < 4.78 is 13.8. The molecule has 0 saturated heterocycles. The summed E-state index contributed by atoms with van der Waals surface area (Å²) in [6, 6.07) is 14.1. The molecule has 0 amide bonds. The first-order valence-corrected chi connectivity index (χ1v) is 6.58. The van der Waals surface area contributed by atoms with Crippen LogP contribution in [0.2, 0.25) is 5.02 Å². The number of rotatable bonds is 3. The zero-order valence-electron chi connectivity index (χ0n) is 11.2. The van der Waals surface area contributed by atoms with Gasteiger partial charge in [-0.15, -0.1) is 0 Å². The number of allylic oxidation sites excluding steroid dienone is 2. The number of nitriles is 1. The monoisotopic (exact) mass is 299 g/mol. The van der Waals surface area contributed by atoms with E-state index in [9.17, 15) is 14.4 Å². The van der Waals surface area contributed by atoms with Gasteiger partial charge in [-0.3, -0.25) is 4.79 Å². The Morgan fingerprint density at radius 2 is 1.76 bits per heavy atom. The molecule has 0 spiro atoms. The van der Waals surface area contributed by atoms with Crippen LogP contribution < -0.4 is 0 Å². The number of halogens is 2. The van der Waals surface area contributed by atoms with E-state index in [1.165, 1.54) is 24.3 Å². The minimum atomic E-state index is -0.466. The number of nitrogens with zero attached hydrogens (tertiary/aromatic N) is 1. The molecule has 0 aliphatic carbocycles. The standard InChI is InChI=1S/C17H11ClFNO/c1-11(14-4-2-3-5-16(14)19)15(10-20)17(21)12-6-8-13(18)9-7-12/h2-9H,1H3/b15-11-. The number of Topliss-reactive ketones (excluding diaryl/α,β-unsaturated/α-hetero) is 1. The van der Waals surface area contributed by atoms with Crippen LogP contribution in [-0.2, 0) is 0 Å². The van der Waals surface area contributed by atoms with Gasteiger partial charge in [0.1, 0.15) is 17.5 Å². The highest BCUT2D eigenvalue weighted by molar-refractivity contribution is 6.30. The fourth-order valence-electron chi connectivity index (χ4n) is 1.95. The molecule has 0 heterocycles. The number of hydrogen-bond acceptors (Lipinski definition) is 2. The second-order valence-electron chi connectivity index (χ2n) is 4.43. The van der Waals surface area contributed by atoms with E-state index in [0.29, 0.717) is 16.2 Å². The number of carbonyl (C=O) groups is 1. The van der Waals surface area contributed by atoms with Crippen molar-refractivity contribution in [3.63, 3.8) is 0 Å². The van der Waals surface area contributed by atoms with E-state index in [4.69, 9.17) is 11.6 Å². The second kappa shape index (κ2) is 6.34. The molecule has 2 nitrogen and oxygen atoms in total. The molecular formula is C17H11ClFNO. The van der Waals surface area contributed by atoms with Crippen molar-refractivity contribution in [2.24, 2.45) is 0 Å². The molecule has 4 heteroatoms. The molecule has 0 aliphatic rings. The van der Waals surface area contributed by atoms with Crippen LogP contribution in [0, 0.1) is 17.1 Å². The number of hydrogen-bond donors (Lipinski definition) is 0. The highest BCUT2D eigenvalue weighted by Gasteiger charge is 2.17. The summed E-state index contributed by atoms with van der Waals surface area (Å²) in [5.74, 6) is -0.915. The molecule has 0 N–H and O–H groups in total. The summed E-state index contributed by atoms with van der Waals surface area (Å²) >= 11 is 5.77. The van der Waals surface area contributed by atoms with E-state index in [0.717, 1.165) is 0 Å². The largest absolute Gasteiger partial charge is 0.288 e. The van der Waals surface area contributed by atoms with E-state index in [1.54, 1.807) is 31.2 Å². The van der Waals surface area contributed by atoms with Crippen molar-refractivity contribution >= 4 is 23.0 Å². The molecule has 2 aromatic carbocycles. The van der Waals surface area contributed by atoms with Gasteiger partial charge < -0.3 is 0 Å². The average molecular weight is 300 g/mol. The van der Waals surface area contributed by atoms with Crippen molar-refractivity contribution in [1.82, 2.24) is 0 Å². The van der Waals surface area contributed by atoms with Crippen molar-refractivity contribution < 1.29 is 9.18 Å². The minimum Gasteiger partial charge on any atom is -0.288 e. The predicted molar refractivity (Wildman–Crippen MR) is 80.4 cm³/mol. The summed E-state index contributed by atoms with van der Waals surface area (Å²) in [6.45, 7) is 1.56. The van der Waals surface area contributed by atoms with Gasteiger partial charge in [0.15, 0.2) is 0 Å². The SMILES string of the molecule is C/C(=C(\C#N)C(=O)c1ccc(Cl)cc1)c1ccccc1F. The Bertz CT molecular complexity index is 757. The Labute approximate surface area is 127 Å². The smallest absolute Gasteiger partial charge is 0.203 e. The lowest BCUT2D eigenvalue weighted by atomic mass is 9.95. The minimum absolute atomic E-state index is 0.0811. The summed E-state index contributed by atoms with van der Waals surface area (Å²) in [5, 5.41) is 9.76. The van der Waals surface area contributed by atoms with Crippen LogP contribution in [-0.4, -0.2) is 5.78 Å². The Kier molecular flexibility index (Phi) is 4.52. The van der Waals surface area contributed by atoms with Crippen LogP contribution in [0.1, 0.15) is 22.8 Å². The first-order chi connectivity index (χ1) is 10.0. The lowest BCUT2D eigenvalue weighted by molar-refractivity contribution is 0.103. The lowest BCUT2D eigenvalue weighted by Crippen LogP contribution is -2.04. The molecule has 21 heavy (non-hydrogen) atoms. The van der Waals surface area contributed by atoms with Crippen LogP contribution in [0.15, 0.2) is 54.1 Å². The van der Waals surface area contributed by atoms with E-state index in [1.807, 2.05) is 6.07 Å². The third-order valence-electron chi connectivity index (χ3n) is 3.10. The Hall–Kier alpha value is -2.44. The quantitative estimate of drug-likeness (QED) is 0.470. The molecule has 0 saturated carbocycles. The van der Waals surface area contributed by atoms with Gasteiger partial charge in [-0.25, -0.2) is 4.39 Å². The highest BCUT2D eigenvalue weighted by atomic mass is 35.5. The van der Waals surface area contributed by atoms with E-state index < -0.39 is 11.6 Å². The third-order valence-corrected chi connectivity index (χ3v) is 3.35. The zero-order chi connectivity index (χ0) is 15.4. The van der Waals surface area contributed by atoms with Crippen LogP contribution in [0.5, 0.6) is 0 Å². The van der Waals surface area contributed by atoms with Gasteiger partial charge >= 0.3 is 0 Å². The van der Waals surface area contributed by atoms with Crippen molar-refractivity contribution in [2.75, 3.05) is 0 Å². The highest BCUT2D eigenvalue weighted by Crippen LogP contribution is 2.23. The molecule has 0 radical (unpaired) electrons. The van der Waals surface area contributed by atoms with Crippen LogP contribution in [0.25, 0.3) is 5.57 Å².